The lowest BCUT2D eigenvalue weighted by Gasteiger charge is -2.29. The molecule has 1 aromatic heterocycles. The van der Waals surface area contributed by atoms with Gasteiger partial charge in [0.2, 0.25) is 0 Å². The van der Waals surface area contributed by atoms with Gasteiger partial charge in [-0.05, 0) is 37.3 Å². The molecular formula is C21H19FN2O3. The molecule has 2 aromatic carbocycles. The molecule has 1 amide bonds. The number of benzene rings is 2. The summed E-state index contributed by atoms with van der Waals surface area (Å²) in [5, 5.41) is 0.727. The third-order valence-corrected chi connectivity index (χ3v) is 4.59. The zero-order valence-electron chi connectivity index (χ0n) is 15.1. The van der Waals surface area contributed by atoms with Crippen LogP contribution in [0.5, 0.6) is 11.5 Å². The van der Waals surface area contributed by atoms with Crippen LogP contribution < -0.4 is 9.47 Å². The number of hydrogen-bond donors (Lipinski definition) is 0. The molecule has 1 atom stereocenters. The average molecular weight is 366 g/mol. The smallest absolute Gasteiger partial charge is 0.255 e. The third kappa shape index (κ3) is 3.43. The molecule has 1 aliphatic rings. The highest BCUT2D eigenvalue weighted by Gasteiger charge is 2.25. The summed E-state index contributed by atoms with van der Waals surface area (Å²) >= 11 is 0. The predicted octanol–water partition coefficient (Wildman–Crippen LogP) is 3.59. The Morgan fingerprint density at radius 2 is 2.00 bits per heavy atom. The zero-order valence-corrected chi connectivity index (χ0v) is 15.1. The Kier molecular flexibility index (Phi) is 4.39. The molecule has 0 bridgehead atoms. The van der Waals surface area contributed by atoms with Crippen LogP contribution in [0.4, 0.5) is 4.39 Å². The molecular weight excluding hydrogens is 347 g/mol. The summed E-state index contributed by atoms with van der Waals surface area (Å²) in [5.41, 5.74) is 1.59. The van der Waals surface area contributed by atoms with E-state index in [1.165, 1.54) is 12.1 Å². The first-order valence-electron chi connectivity index (χ1n) is 8.72. The lowest BCUT2D eigenvalue weighted by Crippen LogP contribution is -2.42. The number of nitrogens with zero attached hydrogens (tertiary/aromatic N) is 2. The van der Waals surface area contributed by atoms with Gasteiger partial charge in [-0.1, -0.05) is 12.1 Å². The lowest BCUT2D eigenvalue weighted by molar-refractivity contribution is 0.0520. The Bertz CT molecular complexity index is 1020. The van der Waals surface area contributed by atoms with E-state index in [1.807, 2.05) is 24.3 Å². The maximum atomic E-state index is 13.4. The molecule has 0 N–H and O–H groups in total. The van der Waals surface area contributed by atoms with Crippen molar-refractivity contribution in [2.24, 2.45) is 0 Å². The van der Waals surface area contributed by atoms with Crippen molar-refractivity contribution in [1.29, 1.82) is 0 Å². The number of para-hydroxylation sites is 2. The molecule has 138 valence electrons. The van der Waals surface area contributed by atoms with Gasteiger partial charge in [-0.15, -0.1) is 0 Å². The van der Waals surface area contributed by atoms with E-state index in [4.69, 9.17) is 9.47 Å². The van der Waals surface area contributed by atoms with E-state index in [-0.39, 0.29) is 17.8 Å². The van der Waals surface area contributed by atoms with Gasteiger partial charge in [0, 0.05) is 18.5 Å². The summed E-state index contributed by atoms with van der Waals surface area (Å²) in [6.45, 7) is 2.51. The van der Waals surface area contributed by atoms with Crippen molar-refractivity contribution in [2.75, 3.05) is 20.2 Å². The summed E-state index contributed by atoms with van der Waals surface area (Å²) in [7, 11) is 1.72. The fourth-order valence-corrected chi connectivity index (χ4v) is 3.20. The van der Waals surface area contributed by atoms with Crippen molar-refractivity contribution in [2.45, 2.75) is 13.0 Å². The quantitative estimate of drug-likeness (QED) is 0.711. The minimum Gasteiger partial charge on any atom is -0.486 e. The molecule has 0 fully saturated rings. The number of ether oxygens (including phenoxy) is 2. The highest BCUT2D eigenvalue weighted by molar-refractivity contribution is 5.98. The van der Waals surface area contributed by atoms with E-state index in [1.54, 1.807) is 31.0 Å². The highest BCUT2D eigenvalue weighted by atomic mass is 19.1. The van der Waals surface area contributed by atoms with E-state index >= 15 is 0 Å². The van der Waals surface area contributed by atoms with Gasteiger partial charge in [-0.2, -0.15) is 0 Å². The van der Waals surface area contributed by atoms with Crippen LogP contribution in [0.15, 0.2) is 48.5 Å². The van der Waals surface area contributed by atoms with Crippen LogP contribution in [0.3, 0.4) is 0 Å². The maximum Gasteiger partial charge on any atom is 0.255 e. The number of likely N-dealkylation sites (N-methyl/N-ethyl adjacent to an activating group) is 1. The molecule has 3 aromatic rings. The number of halogens is 1. The molecule has 0 aliphatic carbocycles. The highest BCUT2D eigenvalue weighted by Crippen LogP contribution is 2.31. The number of aryl methyl sites for hydroxylation is 1. The van der Waals surface area contributed by atoms with E-state index in [2.05, 4.69) is 4.98 Å². The van der Waals surface area contributed by atoms with E-state index in [0.29, 0.717) is 41.4 Å². The van der Waals surface area contributed by atoms with Gasteiger partial charge in [0.25, 0.3) is 5.91 Å². The predicted molar refractivity (Wildman–Crippen MR) is 99.8 cm³/mol. The SMILES string of the molecule is Cc1nc2cc(F)ccc2cc1C(=O)N(C)C[C@@H]1COc2ccccc2O1. The van der Waals surface area contributed by atoms with Crippen molar-refractivity contribution >= 4 is 16.8 Å². The van der Waals surface area contributed by atoms with Crippen LogP contribution in [0.2, 0.25) is 0 Å². The van der Waals surface area contributed by atoms with Crippen molar-refractivity contribution in [3.05, 3.63) is 65.6 Å². The van der Waals surface area contributed by atoms with Crippen molar-refractivity contribution in [3.63, 3.8) is 0 Å². The first-order valence-corrected chi connectivity index (χ1v) is 8.72. The molecule has 2 heterocycles. The number of aromatic nitrogens is 1. The molecule has 0 saturated carbocycles. The first kappa shape index (κ1) is 17.3. The fourth-order valence-electron chi connectivity index (χ4n) is 3.20. The zero-order chi connectivity index (χ0) is 19.0. The Morgan fingerprint density at radius 3 is 2.81 bits per heavy atom. The second kappa shape index (κ2) is 6.87. The standard InChI is InChI=1S/C21H19FN2O3/c1-13-17(9-14-7-8-15(22)10-18(14)23-13)21(25)24(2)11-16-12-26-19-5-3-4-6-20(19)27-16/h3-10,16H,11-12H2,1-2H3/t16-/m1/s1. The van der Waals surface area contributed by atoms with Crippen molar-refractivity contribution in [3.8, 4) is 11.5 Å². The lowest BCUT2D eigenvalue weighted by atomic mass is 10.1. The molecule has 6 heteroatoms. The molecule has 0 spiro atoms. The Morgan fingerprint density at radius 1 is 1.22 bits per heavy atom. The minimum atomic E-state index is -0.347. The van der Waals surface area contributed by atoms with Crippen LogP contribution in [0, 0.1) is 12.7 Å². The fraction of sp³-hybridized carbons (Fsp3) is 0.238. The van der Waals surface area contributed by atoms with Crippen LogP contribution in [0.1, 0.15) is 16.1 Å². The monoisotopic (exact) mass is 366 g/mol. The number of carbonyl (C=O) groups excluding carboxylic acids is 1. The van der Waals surface area contributed by atoms with Gasteiger partial charge in [0.1, 0.15) is 12.4 Å². The molecule has 1 aliphatic heterocycles. The Hall–Kier alpha value is -3.15. The van der Waals surface area contributed by atoms with Gasteiger partial charge in [0.15, 0.2) is 17.6 Å². The van der Waals surface area contributed by atoms with Crippen LogP contribution in [-0.4, -0.2) is 42.1 Å². The molecule has 27 heavy (non-hydrogen) atoms. The molecule has 4 rings (SSSR count). The summed E-state index contributed by atoms with van der Waals surface area (Å²) in [4.78, 5) is 18.9. The number of carbonyl (C=O) groups is 1. The number of fused-ring (bicyclic) bond motifs is 2. The van der Waals surface area contributed by atoms with Crippen LogP contribution in [0.25, 0.3) is 10.9 Å². The second-order valence-electron chi connectivity index (χ2n) is 6.64. The number of pyridine rings is 1. The summed E-state index contributed by atoms with van der Waals surface area (Å²) < 4.78 is 25.0. The normalized spacial score (nSPS) is 15.6. The topological polar surface area (TPSA) is 51.7 Å². The van der Waals surface area contributed by atoms with Crippen LogP contribution >= 0.6 is 0 Å². The van der Waals surface area contributed by atoms with E-state index in [9.17, 15) is 9.18 Å². The van der Waals surface area contributed by atoms with Gasteiger partial charge >= 0.3 is 0 Å². The van der Waals surface area contributed by atoms with Gasteiger partial charge in [-0.25, -0.2) is 4.39 Å². The van der Waals surface area contributed by atoms with E-state index in [0.717, 1.165) is 5.39 Å². The maximum absolute atomic E-state index is 13.4. The van der Waals surface area contributed by atoms with Crippen LogP contribution in [-0.2, 0) is 0 Å². The molecule has 0 unspecified atom stereocenters. The van der Waals surface area contributed by atoms with Gasteiger partial charge in [-0.3, -0.25) is 9.78 Å². The summed E-state index contributed by atoms with van der Waals surface area (Å²) in [5.74, 6) is 0.888. The molecule has 5 nitrogen and oxygen atoms in total. The van der Waals surface area contributed by atoms with Crippen molar-refractivity contribution < 1.29 is 18.7 Å². The average Bonchev–Trinajstić information content (AvgIpc) is 2.66. The number of hydrogen-bond acceptors (Lipinski definition) is 4. The van der Waals surface area contributed by atoms with Crippen molar-refractivity contribution in [1.82, 2.24) is 9.88 Å². The number of amides is 1. The third-order valence-electron chi connectivity index (χ3n) is 4.59. The minimum absolute atomic E-state index is 0.159. The first-order chi connectivity index (χ1) is 13.0. The Balaban J connectivity index is 1.52. The summed E-state index contributed by atoms with van der Waals surface area (Å²) in [6.07, 6.45) is -0.253. The van der Waals surface area contributed by atoms with Gasteiger partial charge in [0.05, 0.1) is 23.3 Å². The van der Waals surface area contributed by atoms with Gasteiger partial charge < -0.3 is 14.4 Å². The second-order valence-corrected chi connectivity index (χ2v) is 6.64. The summed E-state index contributed by atoms with van der Waals surface area (Å²) in [6, 6.07) is 13.6. The van der Waals surface area contributed by atoms with E-state index < -0.39 is 0 Å². The largest absolute Gasteiger partial charge is 0.486 e. The Labute approximate surface area is 156 Å². The number of rotatable bonds is 3. The molecule has 0 radical (unpaired) electrons. The molecule has 0 saturated heterocycles.